The molecule has 0 fully saturated rings. The van der Waals surface area contributed by atoms with Gasteiger partial charge in [0.2, 0.25) is 0 Å². The smallest absolute Gasteiger partial charge is 0.0575 e. The number of hydrogen-bond acceptors (Lipinski definition) is 3. The molecule has 0 spiro atoms. The second kappa shape index (κ2) is 5.10. The standard InChI is InChI=1S/C11H26N2O/c1-8(2)13(14-7)11(5,6)9(3)10(4)12/h8-10H,12H2,1-7H3/t9-,10+/m1/s1. The van der Waals surface area contributed by atoms with Crippen LogP contribution in [0.1, 0.15) is 41.5 Å². The zero-order valence-corrected chi connectivity index (χ0v) is 10.7. The highest BCUT2D eigenvalue weighted by Crippen LogP contribution is 2.28. The van der Waals surface area contributed by atoms with Crippen LogP contribution in [0.15, 0.2) is 0 Å². The molecule has 0 heterocycles. The van der Waals surface area contributed by atoms with Gasteiger partial charge in [0.15, 0.2) is 0 Å². The van der Waals surface area contributed by atoms with Gasteiger partial charge >= 0.3 is 0 Å². The van der Waals surface area contributed by atoms with Gasteiger partial charge in [0.25, 0.3) is 0 Å². The quantitative estimate of drug-likeness (QED) is 0.693. The molecule has 0 unspecified atom stereocenters. The summed E-state index contributed by atoms with van der Waals surface area (Å²) in [4.78, 5) is 5.43. The first-order valence-corrected chi connectivity index (χ1v) is 5.34. The molecule has 0 aromatic heterocycles. The number of nitrogens with zero attached hydrogens (tertiary/aromatic N) is 1. The Hall–Kier alpha value is -0.120. The van der Waals surface area contributed by atoms with E-state index in [4.69, 9.17) is 10.6 Å². The van der Waals surface area contributed by atoms with Crippen molar-refractivity contribution in [2.24, 2.45) is 11.7 Å². The second-order valence-corrected chi connectivity index (χ2v) is 4.90. The minimum Gasteiger partial charge on any atom is -0.328 e. The average molecular weight is 202 g/mol. The third-order valence-corrected chi connectivity index (χ3v) is 3.14. The molecule has 0 bridgehead atoms. The van der Waals surface area contributed by atoms with Crippen molar-refractivity contribution < 1.29 is 4.84 Å². The van der Waals surface area contributed by atoms with Crippen LogP contribution < -0.4 is 5.73 Å². The molecular weight excluding hydrogens is 176 g/mol. The normalized spacial score (nSPS) is 17.6. The maximum Gasteiger partial charge on any atom is 0.0575 e. The van der Waals surface area contributed by atoms with Crippen LogP contribution >= 0.6 is 0 Å². The maximum atomic E-state index is 5.93. The number of nitrogens with two attached hydrogens (primary N) is 1. The topological polar surface area (TPSA) is 38.5 Å². The van der Waals surface area contributed by atoms with Crippen LogP contribution in [0.5, 0.6) is 0 Å². The number of hydrogen-bond donors (Lipinski definition) is 1. The number of hydroxylamine groups is 2. The Labute approximate surface area is 88.6 Å². The van der Waals surface area contributed by atoms with E-state index in [1.165, 1.54) is 0 Å². The second-order valence-electron chi connectivity index (χ2n) is 4.90. The van der Waals surface area contributed by atoms with Gasteiger partial charge in [-0.25, -0.2) is 0 Å². The average Bonchev–Trinajstić information content (AvgIpc) is 2.02. The first kappa shape index (κ1) is 13.9. The molecule has 0 aliphatic carbocycles. The molecule has 0 saturated carbocycles. The SMILES string of the molecule is CON(C(C)C)C(C)(C)[C@H](C)[C@H](C)N. The van der Waals surface area contributed by atoms with E-state index in [2.05, 4.69) is 34.6 Å². The summed E-state index contributed by atoms with van der Waals surface area (Å²) < 4.78 is 0. The molecule has 0 aromatic carbocycles. The highest BCUT2D eigenvalue weighted by molar-refractivity contribution is 4.88. The highest BCUT2D eigenvalue weighted by atomic mass is 16.7. The van der Waals surface area contributed by atoms with Crippen molar-refractivity contribution >= 4 is 0 Å². The van der Waals surface area contributed by atoms with E-state index < -0.39 is 0 Å². The Morgan fingerprint density at radius 2 is 1.57 bits per heavy atom. The van der Waals surface area contributed by atoms with E-state index in [0.717, 1.165) is 0 Å². The minimum atomic E-state index is -0.0446. The van der Waals surface area contributed by atoms with Crippen molar-refractivity contribution in [1.29, 1.82) is 0 Å². The van der Waals surface area contributed by atoms with Gasteiger partial charge in [-0.05, 0) is 40.5 Å². The molecule has 2 N–H and O–H groups in total. The van der Waals surface area contributed by atoms with E-state index in [0.29, 0.717) is 12.0 Å². The van der Waals surface area contributed by atoms with Gasteiger partial charge in [-0.2, -0.15) is 5.06 Å². The molecule has 3 heteroatoms. The van der Waals surface area contributed by atoms with Crippen LogP contribution in [-0.4, -0.2) is 29.8 Å². The summed E-state index contributed by atoms with van der Waals surface area (Å²) in [5, 5.41) is 2.01. The first-order chi connectivity index (χ1) is 6.25. The fourth-order valence-electron chi connectivity index (χ4n) is 1.96. The lowest BCUT2D eigenvalue weighted by atomic mass is 9.83. The van der Waals surface area contributed by atoms with Gasteiger partial charge in [0.1, 0.15) is 0 Å². The zero-order valence-electron chi connectivity index (χ0n) is 10.7. The van der Waals surface area contributed by atoms with Crippen LogP contribution in [0.2, 0.25) is 0 Å². The summed E-state index contributed by atoms with van der Waals surface area (Å²) in [6, 6.07) is 0.526. The Kier molecular flexibility index (Phi) is 5.06. The molecule has 0 aromatic rings. The fraction of sp³-hybridized carbons (Fsp3) is 1.00. The van der Waals surface area contributed by atoms with Crippen LogP contribution in [0.25, 0.3) is 0 Å². The van der Waals surface area contributed by atoms with Crippen molar-refractivity contribution in [3.05, 3.63) is 0 Å². The lowest BCUT2D eigenvalue weighted by Crippen LogP contribution is -2.55. The molecule has 0 rings (SSSR count). The summed E-state index contributed by atoms with van der Waals surface area (Å²) in [6.45, 7) is 12.8. The van der Waals surface area contributed by atoms with Crippen molar-refractivity contribution in [3.63, 3.8) is 0 Å². The summed E-state index contributed by atoms with van der Waals surface area (Å²) in [5.74, 6) is 0.379. The van der Waals surface area contributed by atoms with Crippen LogP contribution in [0.4, 0.5) is 0 Å². The lowest BCUT2D eigenvalue weighted by Gasteiger charge is -2.44. The van der Waals surface area contributed by atoms with E-state index in [1.807, 2.05) is 12.0 Å². The molecule has 3 nitrogen and oxygen atoms in total. The molecular formula is C11H26N2O. The molecule has 0 aliphatic rings. The largest absolute Gasteiger partial charge is 0.328 e. The molecule has 2 atom stereocenters. The molecule has 0 radical (unpaired) electrons. The first-order valence-electron chi connectivity index (χ1n) is 5.34. The summed E-state index contributed by atoms with van der Waals surface area (Å²) >= 11 is 0. The van der Waals surface area contributed by atoms with Crippen molar-refractivity contribution in [2.75, 3.05) is 7.11 Å². The maximum absolute atomic E-state index is 5.93. The van der Waals surface area contributed by atoms with Crippen molar-refractivity contribution in [3.8, 4) is 0 Å². The molecule has 86 valence electrons. The number of rotatable bonds is 5. The van der Waals surface area contributed by atoms with E-state index in [-0.39, 0.29) is 11.6 Å². The van der Waals surface area contributed by atoms with E-state index in [1.54, 1.807) is 7.11 Å². The van der Waals surface area contributed by atoms with Gasteiger partial charge in [-0.1, -0.05) is 6.92 Å². The lowest BCUT2D eigenvalue weighted by molar-refractivity contribution is -0.227. The molecule has 0 aliphatic heterocycles. The third kappa shape index (κ3) is 2.94. The molecule has 0 amide bonds. The predicted molar refractivity (Wildman–Crippen MR) is 60.9 cm³/mol. The van der Waals surface area contributed by atoms with Crippen LogP contribution in [0, 0.1) is 5.92 Å². The summed E-state index contributed by atoms with van der Waals surface area (Å²) in [6.07, 6.45) is 0. The predicted octanol–water partition coefficient (Wildman–Crippen LogP) is 2.02. The summed E-state index contributed by atoms with van der Waals surface area (Å²) in [7, 11) is 1.72. The molecule has 0 saturated heterocycles. The minimum absolute atomic E-state index is 0.0446. The van der Waals surface area contributed by atoms with Crippen LogP contribution in [0.3, 0.4) is 0 Å². The molecule has 14 heavy (non-hydrogen) atoms. The Bertz CT molecular complexity index is 167. The van der Waals surface area contributed by atoms with E-state index >= 15 is 0 Å². The van der Waals surface area contributed by atoms with Gasteiger partial charge in [0.05, 0.1) is 7.11 Å². The zero-order chi connectivity index (χ0) is 11.5. The monoisotopic (exact) mass is 202 g/mol. The Balaban J connectivity index is 4.71. The van der Waals surface area contributed by atoms with Gasteiger partial charge in [-0.15, -0.1) is 0 Å². The Morgan fingerprint density at radius 3 is 1.79 bits per heavy atom. The van der Waals surface area contributed by atoms with Gasteiger partial charge in [-0.3, -0.25) is 0 Å². The van der Waals surface area contributed by atoms with Crippen molar-refractivity contribution in [2.45, 2.75) is 59.2 Å². The van der Waals surface area contributed by atoms with Gasteiger partial charge in [0, 0.05) is 17.6 Å². The van der Waals surface area contributed by atoms with E-state index in [9.17, 15) is 0 Å². The Morgan fingerprint density at radius 1 is 1.14 bits per heavy atom. The third-order valence-electron chi connectivity index (χ3n) is 3.14. The fourth-order valence-corrected chi connectivity index (χ4v) is 1.96. The highest BCUT2D eigenvalue weighted by Gasteiger charge is 2.36. The van der Waals surface area contributed by atoms with Gasteiger partial charge < -0.3 is 10.6 Å². The van der Waals surface area contributed by atoms with Crippen molar-refractivity contribution in [1.82, 2.24) is 5.06 Å². The summed E-state index contributed by atoms with van der Waals surface area (Å²) in [5.41, 5.74) is 5.89. The van der Waals surface area contributed by atoms with Crippen LogP contribution in [-0.2, 0) is 4.84 Å².